The van der Waals surface area contributed by atoms with Crippen molar-refractivity contribution >= 4 is 12.0 Å². The zero-order chi connectivity index (χ0) is 18.8. The molecule has 1 aromatic rings. The summed E-state index contributed by atoms with van der Waals surface area (Å²) in [6.07, 6.45) is 1.72. The van der Waals surface area contributed by atoms with Gasteiger partial charge in [0.05, 0.1) is 5.54 Å². The van der Waals surface area contributed by atoms with Gasteiger partial charge in [-0.2, -0.15) is 0 Å². The molecule has 0 radical (unpaired) electrons. The highest BCUT2D eigenvalue weighted by molar-refractivity contribution is 5.96. The predicted octanol–water partition coefficient (Wildman–Crippen LogP) is 4.77. The Balaban J connectivity index is 2.48. The lowest BCUT2D eigenvalue weighted by Gasteiger charge is -2.39. The molecule has 0 spiro atoms. The number of imide groups is 1. The van der Waals surface area contributed by atoms with Gasteiger partial charge in [0.2, 0.25) is 5.91 Å². The van der Waals surface area contributed by atoms with Crippen LogP contribution in [0.4, 0.5) is 4.79 Å². The fourth-order valence-corrected chi connectivity index (χ4v) is 3.72. The quantitative estimate of drug-likeness (QED) is 0.724. The minimum Gasteiger partial charge on any atom is -0.447 e. The Kier molecular flexibility index (Phi) is 5.40. The summed E-state index contributed by atoms with van der Waals surface area (Å²) in [7, 11) is 0. The minimum absolute atomic E-state index is 0.0385. The zero-order valence-electron chi connectivity index (χ0n) is 15.9. The van der Waals surface area contributed by atoms with E-state index in [1.807, 2.05) is 44.2 Å². The summed E-state index contributed by atoms with van der Waals surface area (Å²) in [5, 5.41) is 0. The first-order chi connectivity index (χ1) is 11.6. The first-order valence-electron chi connectivity index (χ1n) is 8.76. The highest BCUT2D eigenvalue weighted by Gasteiger charge is 2.48. The highest BCUT2D eigenvalue weighted by atomic mass is 16.6. The SMILES string of the molecule is C=CC[C@@H](C(=O)N1C(=O)OCC1(C)C)[C@@H](c1ccccc1)C(C)(C)C. The van der Waals surface area contributed by atoms with E-state index in [2.05, 4.69) is 27.4 Å². The van der Waals surface area contributed by atoms with Gasteiger partial charge in [-0.05, 0) is 31.2 Å². The molecule has 0 unspecified atom stereocenters. The molecule has 0 aromatic heterocycles. The third-order valence-electron chi connectivity index (χ3n) is 4.79. The zero-order valence-corrected chi connectivity index (χ0v) is 15.9. The third-order valence-corrected chi connectivity index (χ3v) is 4.79. The van der Waals surface area contributed by atoms with Crippen LogP contribution in [0.2, 0.25) is 0 Å². The number of benzene rings is 1. The van der Waals surface area contributed by atoms with Gasteiger partial charge in [-0.15, -0.1) is 6.58 Å². The van der Waals surface area contributed by atoms with Gasteiger partial charge >= 0.3 is 6.09 Å². The molecule has 4 heteroatoms. The molecule has 1 aliphatic rings. The summed E-state index contributed by atoms with van der Waals surface area (Å²) in [6, 6.07) is 10.0. The molecule has 4 nitrogen and oxygen atoms in total. The molecule has 0 saturated carbocycles. The number of cyclic esters (lactones) is 1. The average molecular weight is 343 g/mol. The molecule has 1 saturated heterocycles. The van der Waals surface area contributed by atoms with Crippen LogP contribution in [0.25, 0.3) is 0 Å². The molecule has 1 fully saturated rings. The van der Waals surface area contributed by atoms with E-state index < -0.39 is 11.6 Å². The van der Waals surface area contributed by atoms with Crippen molar-refractivity contribution < 1.29 is 14.3 Å². The van der Waals surface area contributed by atoms with Crippen LogP contribution < -0.4 is 0 Å². The summed E-state index contributed by atoms with van der Waals surface area (Å²) >= 11 is 0. The van der Waals surface area contributed by atoms with Crippen molar-refractivity contribution in [1.82, 2.24) is 4.90 Å². The third kappa shape index (κ3) is 3.94. The highest BCUT2D eigenvalue weighted by Crippen LogP contribution is 2.44. The number of ether oxygens (including phenoxy) is 1. The van der Waals surface area contributed by atoms with Crippen LogP contribution in [0.15, 0.2) is 43.0 Å². The molecule has 136 valence electrons. The van der Waals surface area contributed by atoms with Gasteiger partial charge in [0.15, 0.2) is 0 Å². The molecule has 2 amide bonds. The molecule has 0 bridgehead atoms. The molecule has 2 rings (SSSR count). The lowest BCUT2D eigenvalue weighted by atomic mass is 9.68. The Labute approximate surface area is 150 Å². The van der Waals surface area contributed by atoms with Crippen molar-refractivity contribution in [3.05, 3.63) is 48.6 Å². The molecule has 2 atom stereocenters. The number of carbonyl (C=O) groups excluding carboxylic acids is 2. The average Bonchev–Trinajstić information content (AvgIpc) is 2.79. The van der Waals surface area contributed by atoms with Crippen LogP contribution in [0.1, 0.15) is 52.5 Å². The van der Waals surface area contributed by atoms with Crippen LogP contribution in [-0.4, -0.2) is 29.0 Å². The maximum atomic E-state index is 13.4. The number of hydrogen-bond donors (Lipinski definition) is 0. The second-order valence-electron chi connectivity index (χ2n) is 8.43. The monoisotopic (exact) mass is 343 g/mol. The van der Waals surface area contributed by atoms with Crippen LogP contribution in [0, 0.1) is 11.3 Å². The predicted molar refractivity (Wildman–Crippen MR) is 99.2 cm³/mol. The summed E-state index contributed by atoms with van der Waals surface area (Å²) in [5.41, 5.74) is 0.311. The van der Waals surface area contributed by atoms with Crippen molar-refractivity contribution in [1.29, 1.82) is 0 Å². The number of rotatable bonds is 5. The van der Waals surface area contributed by atoms with Crippen molar-refractivity contribution in [2.75, 3.05) is 6.61 Å². The van der Waals surface area contributed by atoms with Gasteiger partial charge in [0.25, 0.3) is 0 Å². The van der Waals surface area contributed by atoms with Gasteiger partial charge < -0.3 is 4.74 Å². The van der Waals surface area contributed by atoms with E-state index in [-0.39, 0.29) is 29.8 Å². The normalized spacial score (nSPS) is 19.2. The summed E-state index contributed by atoms with van der Waals surface area (Å²) in [4.78, 5) is 26.9. The molecule has 1 heterocycles. The van der Waals surface area contributed by atoms with Crippen LogP contribution in [0.5, 0.6) is 0 Å². The van der Waals surface area contributed by atoms with Gasteiger partial charge in [0.1, 0.15) is 6.61 Å². The van der Waals surface area contributed by atoms with Crippen molar-refractivity contribution in [3.8, 4) is 0 Å². The van der Waals surface area contributed by atoms with Gasteiger partial charge in [-0.3, -0.25) is 4.79 Å². The maximum absolute atomic E-state index is 13.4. The molecular formula is C21H29NO3. The fourth-order valence-electron chi connectivity index (χ4n) is 3.72. The largest absolute Gasteiger partial charge is 0.447 e. The molecular weight excluding hydrogens is 314 g/mol. The lowest BCUT2D eigenvalue weighted by Crippen LogP contribution is -2.50. The number of hydrogen-bond acceptors (Lipinski definition) is 3. The second kappa shape index (κ2) is 7.03. The van der Waals surface area contributed by atoms with E-state index in [1.165, 1.54) is 4.90 Å². The summed E-state index contributed by atoms with van der Waals surface area (Å²) < 4.78 is 5.14. The van der Waals surface area contributed by atoms with Gasteiger partial charge in [0, 0.05) is 11.8 Å². The van der Waals surface area contributed by atoms with E-state index >= 15 is 0 Å². The van der Waals surface area contributed by atoms with E-state index in [4.69, 9.17) is 4.74 Å². The Bertz CT molecular complexity index is 643. The fraction of sp³-hybridized carbons (Fsp3) is 0.524. The Hall–Kier alpha value is -2.10. The molecule has 1 aliphatic heterocycles. The van der Waals surface area contributed by atoms with Crippen LogP contribution in [0.3, 0.4) is 0 Å². The smallest absolute Gasteiger partial charge is 0.417 e. The van der Waals surface area contributed by atoms with E-state index in [0.29, 0.717) is 6.42 Å². The first-order valence-corrected chi connectivity index (χ1v) is 8.76. The summed E-state index contributed by atoms with van der Waals surface area (Å²) in [5.74, 6) is -0.593. The number of nitrogens with zero attached hydrogens (tertiary/aromatic N) is 1. The number of carbonyl (C=O) groups is 2. The van der Waals surface area contributed by atoms with Crippen LogP contribution in [-0.2, 0) is 9.53 Å². The molecule has 0 aliphatic carbocycles. The lowest BCUT2D eigenvalue weighted by molar-refractivity contribution is -0.137. The minimum atomic E-state index is -0.632. The first kappa shape index (κ1) is 19.2. The van der Waals surface area contributed by atoms with Crippen LogP contribution >= 0.6 is 0 Å². The van der Waals surface area contributed by atoms with Crippen molar-refractivity contribution in [3.63, 3.8) is 0 Å². The topological polar surface area (TPSA) is 46.6 Å². The van der Waals surface area contributed by atoms with E-state index in [0.717, 1.165) is 5.56 Å². The number of amides is 2. The Morgan fingerprint density at radius 3 is 2.36 bits per heavy atom. The standard InChI is InChI=1S/C21H29NO3/c1-7-11-16(18(23)22-19(24)25-14-21(22,5)6)17(20(2,3)4)15-12-9-8-10-13-15/h7-10,12-13,16-17H,1,11,14H2,2-6H3/t16-,17-/m1/s1. The molecule has 1 aromatic carbocycles. The van der Waals surface area contributed by atoms with E-state index in [1.54, 1.807) is 6.08 Å². The van der Waals surface area contributed by atoms with Crippen molar-refractivity contribution in [2.24, 2.45) is 11.3 Å². The second-order valence-corrected chi connectivity index (χ2v) is 8.43. The Morgan fingerprint density at radius 2 is 1.92 bits per heavy atom. The Morgan fingerprint density at radius 1 is 1.32 bits per heavy atom. The molecule has 25 heavy (non-hydrogen) atoms. The molecule has 0 N–H and O–H groups in total. The van der Waals surface area contributed by atoms with Gasteiger partial charge in [-0.25, -0.2) is 9.69 Å². The maximum Gasteiger partial charge on any atom is 0.417 e. The van der Waals surface area contributed by atoms with E-state index in [9.17, 15) is 9.59 Å². The van der Waals surface area contributed by atoms with Crippen molar-refractivity contribution in [2.45, 2.75) is 52.5 Å². The number of allylic oxidation sites excluding steroid dienone is 1. The van der Waals surface area contributed by atoms with Gasteiger partial charge in [-0.1, -0.05) is 57.2 Å². The summed E-state index contributed by atoms with van der Waals surface area (Å²) in [6.45, 7) is 14.2.